The summed E-state index contributed by atoms with van der Waals surface area (Å²) in [6, 6.07) is 0. The average Bonchev–Trinajstić information content (AvgIpc) is 2.60. The molecule has 1 aromatic heterocycles. The molecule has 0 saturated heterocycles. The number of amides is 1. The molecule has 1 rings (SSSR count). The predicted molar refractivity (Wildman–Crippen MR) is 62.5 cm³/mol. The maximum atomic E-state index is 11.6. The number of nitrogens with one attached hydrogen (secondary N) is 1. The van der Waals surface area contributed by atoms with Crippen LogP contribution in [0.3, 0.4) is 0 Å². The smallest absolute Gasteiger partial charge is 0.273 e. The number of ether oxygens (including phenoxy) is 1. The number of rotatable bonds is 5. The van der Waals surface area contributed by atoms with Crippen molar-refractivity contribution in [1.29, 1.82) is 0 Å². The third-order valence-electron chi connectivity index (χ3n) is 1.62. The Morgan fingerprint density at radius 2 is 2.47 bits per heavy atom. The molecule has 0 spiro atoms. The zero-order chi connectivity index (χ0) is 11.3. The number of carbonyl (C=O) groups excluding carboxylic acids is 1. The van der Waals surface area contributed by atoms with E-state index in [9.17, 15) is 4.79 Å². The molecule has 0 aromatic carbocycles. The van der Waals surface area contributed by atoms with Gasteiger partial charge in [0.1, 0.15) is 5.00 Å². The molecule has 3 N–H and O–H groups in total. The Balaban J connectivity index is 2.60. The van der Waals surface area contributed by atoms with E-state index in [0.29, 0.717) is 23.8 Å². The lowest BCUT2D eigenvalue weighted by atomic mass is 10.4. The predicted octanol–water partition coefficient (Wildman–Crippen LogP) is 0.823. The highest BCUT2D eigenvalue weighted by molar-refractivity contribution is 8.00. The normalized spacial score (nSPS) is 10.3. The van der Waals surface area contributed by atoms with Gasteiger partial charge in [-0.3, -0.25) is 4.79 Å². The van der Waals surface area contributed by atoms with E-state index < -0.39 is 0 Å². The van der Waals surface area contributed by atoms with Gasteiger partial charge in [-0.05, 0) is 6.26 Å². The fraction of sp³-hybridized carbons (Fsp3) is 0.500. The molecule has 0 unspecified atom stereocenters. The van der Waals surface area contributed by atoms with Gasteiger partial charge in [-0.25, -0.2) is 4.98 Å². The number of anilines is 1. The van der Waals surface area contributed by atoms with E-state index >= 15 is 0 Å². The van der Waals surface area contributed by atoms with Crippen LogP contribution in [0.1, 0.15) is 10.5 Å². The third kappa shape index (κ3) is 3.37. The minimum absolute atomic E-state index is 0.249. The van der Waals surface area contributed by atoms with Crippen LogP contribution in [-0.4, -0.2) is 37.4 Å². The fourth-order valence-electron chi connectivity index (χ4n) is 0.912. The number of carbonyl (C=O) groups is 1. The van der Waals surface area contributed by atoms with Crippen LogP contribution in [-0.2, 0) is 4.74 Å². The van der Waals surface area contributed by atoms with Crippen molar-refractivity contribution < 1.29 is 9.53 Å². The summed E-state index contributed by atoms with van der Waals surface area (Å²) < 4.78 is 5.61. The molecule has 5 nitrogen and oxygen atoms in total. The number of aromatic nitrogens is 1. The van der Waals surface area contributed by atoms with Gasteiger partial charge in [0.15, 0.2) is 10.0 Å². The van der Waals surface area contributed by atoms with Crippen LogP contribution in [0.4, 0.5) is 5.00 Å². The summed E-state index contributed by atoms with van der Waals surface area (Å²) in [6.07, 6.45) is 1.89. The van der Waals surface area contributed by atoms with Gasteiger partial charge < -0.3 is 15.8 Å². The minimum atomic E-state index is -0.249. The lowest BCUT2D eigenvalue weighted by Gasteiger charge is -2.01. The van der Waals surface area contributed by atoms with E-state index in [1.165, 1.54) is 23.1 Å². The second kappa shape index (κ2) is 5.94. The highest BCUT2D eigenvalue weighted by Crippen LogP contribution is 2.27. The number of hydrogen-bond donors (Lipinski definition) is 2. The molecule has 0 saturated carbocycles. The lowest BCUT2D eigenvalue weighted by Crippen LogP contribution is -2.27. The largest absolute Gasteiger partial charge is 0.389 e. The summed E-state index contributed by atoms with van der Waals surface area (Å²) in [7, 11) is 1.58. The van der Waals surface area contributed by atoms with Gasteiger partial charge in [0.25, 0.3) is 5.91 Å². The number of hydrogen-bond acceptors (Lipinski definition) is 6. The number of nitrogens with zero attached hydrogens (tertiary/aromatic N) is 1. The number of thiazole rings is 1. The molecule has 1 aromatic rings. The van der Waals surface area contributed by atoms with Crippen LogP contribution < -0.4 is 11.1 Å². The van der Waals surface area contributed by atoms with Gasteiger partial charge >= 0.3 is 0 Å². The Kier molecular flexibility index (Phi) is 4.86. The standard InChI is InChI=1S/C8H13N3O2S2/c1-13-4-3-10-7(12)5-6(9)15-8(11-5)14-2/h3-4,9H2,1-2H3,(H,10,12). The summed E-state index contributed by atoms with van der Waals surface area (Å²) >= 11 is 2.79. The molecule has 0 radical (unpaired) electrons. The molecule has 84 valence electrons. The van der Waals surface area contributed by atoms with Crippen molar-refractivity contribution in [2.45, 2.75) is 4.34 Å². The molecule has 0 aliphatic carbocycles. The molecular weight excluding hydrogens is 234 g/mol. The van der Waals surface area contributed by atoms with Gasteiger partial charge in [-0.1, -0.05) is 23.1 Å². The maximum absolute atomic E-state index is 11.6. The zero-order valence-corrected chi connectivity index (χ0v) is 10.2. The van der Waals surface area contributed by atoms with Crippen molar-refractivity contribution in [2.75, 3.05) is 32.3 Å². The van der Waals surface area contributed by atoms with Crippen molar-refractivity contribution in [3.8, 4) is 0 Å². The Bertz CT molecular complexity index is 341. The highest BCUT2D eigenvalue weighted by Gasteiger charge is 2.15. The van der Waals surface area contributed by atoms with E-state index in [2.05, 4.69) is 10.3 Å². The first kappa shape index (κ1) is 12.3. The Labute approximate surface area is 96.4 Å². The van der Waals surface area contributed by atoms with Crippen LogP contribution in [0.2, 0.25) is 0 Å². The number of nitrogens with two attached hydrogens (primary N) is 1. The molecule has 0 atom stereocenters. The van der Waals surface area contributed by atoms with E-state index in [1.54, 1.807) is 7.11 Å². The SMILES string of the molecule is COCCNC(=O)c1nc(SC)sc1N. The van der Waals surface area contributed by atoms with Crippen molar-refractivity contribution in [1.82, 2.24) is 10.3 Å². The van der Waals surface area contributed by atoms with Gasteiger partial charge in [0.2, 0.25) is 0 Å². The van der Waals surface area contributed by atoms with Crippen molar-refractivity contribution in [3.63, 3.8) is 0 Å². The number of thioether (sulfide) groups is 1. The van der Waals surface area contributed by atoms with Crippen molar-refractivity contribution in [3.05, 3.63) is 5.69 Å². The van der Waals surface area contributed by atoms with Crippen LogP contribution in [0, 0.1) is 0 Å². The zero-order valence-electron chi connectivity index (χ0n) is 8.57. The molecule has 0 aliphatic rings. The summed E-state index contributed by atoms with van der Waals surface area (Å²) in [5.74, 6) is -0.249. The Hall–Kier alpha value is -0.790. The average molecular weight is 247 g/mol. The molecule has 1 heterocycles. The summed E-state index contributed by atoms with van der Waals surface area (Å²) in [6.45, 7) is 0.937. The van der Waals surface area contributed by atoms with E-state index in [1.807, 2.05) is 6.26 Å². The lowest BCUT2D eigenvalue weighted by molar-refractivity contribution is 0.0933. The van der Waals surface area contributed by atoms with E-state index in [0.717, 1.165) is 4.34 Å². The molecule has 0 bridgehead atoms. The molecular formula is C8H13N3O2S2. The Morgan fingerprint density at radius 1 is 1.73 bits per heavy atom. The van der Waals surface area contributed by atoms with Crippen LogP contribution in [0.15, 0.2) is 4.34 Å². The highest BCUT2D eigenvalue weighted by atomic mass is 32.2. The first-order valence-corrected chi connectivity index (χ1v) is 6.30. The Morgan fingerprint density at radius 3 is 3.00 bits per heavy atom. The minimum Gasteiger partial charge on any atom is -0.389 e. The second-order valence-electron chi connectivity index (χ2n) is 2.65. The van der Waals surface area contributed by atoms with Gasteiger partial charge in [0, 0.05) is 13.7 Å². The summed E-state index contributed by atoms with van der Waals surface area (Å²) in [5.41, 5.74) is 5.98. The fourth-order valence-corrected chi connectivity index (χ4v) is 2.26. The quantitative estimate of drug-likeness (QED) is 0.595. The first-order valence-electron chi connectivity index (χ1n) is 4.26. The van der Waals surface area contributed by atoms with Gasteiger partial charge in [-0.15, -0.1) is 0 Å². The third-order valence-corrected chi connectivity index (χ3v) is 3.48. The monoisotopic (exact) mass is 247 g/mol. The van der Waals surface area contributed by atoms with E-state index in [4.69, 9.17) is 10.5 Å². The molecule has 0 aliphatic heterocycles. The second-order valence-corrected chi connectivity index (χ2v) is 4.73. The van der Waals surface area contributed by atoms with E-state index in [-0.39, 0.29) is 5.91 Å². The first-order chi connectivity index (χ1) is 7.19. The molecule has 0 fully saturated rings. The van der Waals surface area contributed by atoms with Crippen LogP contribution >= 0.6 is 23.1 Å². The van der Waals surface area contributed by atoms with Crippen LogP contribution in [0.5, 0.6) is 0 Å². The summed E-state index contributed by atoms with van der Waals surface area (Å²) in [5, 5.41) is 3.12. The van der Waals surface area contributed by atoms with Gasteiger partial charge in [0.05, 0.1) is 6.61 Å². The maximum Gasteiger partial charge on any atom is 0.273 e. The number of nitrogen functional groups attached to an aromatic ring is 1. The topological polar surface area (TPSA) is 77.2 Å². The molecule has 7 heteroatoms. The van der Waals surface area contributed by atoms with Crippen molar-refractivity contribution in [2.24, 2.45) is 0 Å². The van der Waals surface area contributed by atoms with Gasteiger partial charge in [-0.2, -0.15) is 0 Å². The molecule has 1 amide bonds. The van der Waals surface area contributed by atoms with Crippen molar-refractivity contribution >= 4 is 34.0 Å². The number of methoxy groups -OCH3 is 1. The summed E-state index contributed by atoms with van der Waals surface area (Å²) in [4.78, 5) is 15.7. The van der Waals surface area contributed by atoms with Crippen LogP contribution in [0.25, 0.3) is 0 Å². The molecule has 15 heavy (non-hydrogen) atoms.